The van der Waals surface area contributed by atoms with Crippen molar-refractivity contribution >= 4 is 22.2 Å². The van der Waals surface area contributed by atoms with Crippen LogP contribution in [0.2, 0.25) is 0 Å². The minimum Gasteiger partial charge on any atom is -0.253 e. The van der Waals surface area contributed by atoms with E-state index in [4.69, 9.17) is 4.98 Å². The Labute approximate surface area is 133 Å². The highest BCUT2D eigenvalue weighted by Gasteiger charge is 2.11. The Morgan fingerprint density at radius 1 is 0.864 bits per heavy atom. The molecule has 0 aliphatic rings. The van der Waals surface area contributed by atoms with Gasteiger partial charge in [-0.3, -0.25) is 4.98 Å². The summed E-state index contributed by atoms with van der Waals surface area (Å²) in [7, 11) is 0. The Kier molecular flexibility index (Phi) is 3.20. The van der Waals surface area contributed by atoms with Crippen LogP contribution in [0.4, 0.5) is 0 Å². The van der Waals surface area contributed by atoms with Crippen LogP contribution in [-0.4, -0.2) is 9.97 Å². The number of aromatic nitrogens is 2. The van der Waals surface area contributed by atoms with Gasteiger partial charge in [-0.05, 0) is 19.1 Å². The first-order valence-electron chi connectivity index (χ1n) is 7.19. The molecular weight excluding hydrogens is 288 g/mol. The molecule has 0 fully saturated rings. The molecule has 2 nitrogen and oxygen atoms in total. The number of hydrogen-bond acceptors (Lipinski definition) is 3. The van der Waals surface area contributed by atoms with E-state index in [1.807, 2.05) is 31.2 Å². The van der Waals surface area contributed by atoms with Crippen LogP contribution in [0, 0.1) is 6.92 Å². The van der Waals surface area contributed by atoms with Crippen LogP contribution in [0.5, 0.6) is 0 Å². The van der Waals surface area contributed by atoms with Crippen molar-refractivity contribution in [2.24, 2.45) is 0 Å². The molecule has 0 aliphatic heterocycles. The standard InChI is InChI=1S/C19H14N2S/c1-13-11-16(15-9-5-6-10-17(15)20-13)19-21-18(12-22-19)14-7-3-2-4-8-14/h2-12H,1H3. The average molecular weight is 302 g/mol. The maximum atomic E-state index is 4.83. The van der Waals surface area contributed by atoms with Gasteiger partial charge < -0.3 is 0 Å². The Balaban J connectivity index is 1.88. The third kappa shape index (κ3) is 2.30. The molecule has 0 radical (unpaired) electrons. The van der Waals surface area contributed by atoms with Gasteiger partial charge in [-0.25, -0.2) is 4.98 Å². The molecule has 0 saturated carbocycles. The first-order chi connectivity index (χ1) is 10.8. The number of nitrogens with zero attached hydrogens (tertiary/aromatic N) is 2. The molecule has 0 amide bonds. The second-order valence-electron chi connectivity index (χ2n) is 5.23. The third-order valence-corrected chi connectivity index (χ3v) is 4.52. The fraction of sp³-hybridized carbons (Fsp3) is 0.0526. The van der Waals surface area contributed by atoms with Crippen molar-refractivity contribution in [3.8, 4) is 21.8 Å². The molecule has 0 N–H and O–H groups in total. The van der Waals surface area contributed by atoms with Crippen LogP contribution < -0.4 is 0 Å². The summed E-state index contributed by atoms with van der Waals surface area (Å²) in [5.74, 6) is 0. The van der Waals surface area contributed by atoms with E-state index in [0.717, 1.165) is 38.4 Å². The largest absolute Gasteiger partial charge is 0.253 e. The lowest BCUT2D eigenvalue weighted by atomic mass is 10.1. The normalized spacial score (nSPS) is 11.0. The summed E-state index contributed by atoms with van der Waals surface area (Å²) in [5.41, 5.74) is 5.38. The molecule has 0 unspecified atom stereocenters. The van der Waals surface area contributed by atoms with E-state index < -0.39 is 0 Å². The van der Waals surface area contributed by atoms with Gasteiger partial charge in [0.05, 0.1) is 11.2 Å². The molecule has 2 heterocycles. The molecule has 4 aromatic rings. The third-order valence-electron chi connectivity index (χ3n) is 3.65. The van der Waals surface area contributed by atoms with Crippen molar-refractivity contribution in [3.05, 3.63) is 71.7 Å². The maximum Gasteiger partial charge on any atom is 0.124 e. The molecule has 2 aromatic carbocycles. The zero-order chi connectivity index (χ0) is 14.9. The zero-order valence-corrected chi connectivity index (χ0v) is 13.0. The summed E-state index contributed by atoms with van der Waals surface area (Å²) in [5, 5.41) is 4.32. The number of pyridine rings is 1. The Morgan fingerprint density at radius 2 is 1.64 bits per heavy atom. The van der Waals surface area contributed by atoms with Gasteiger partial charge >= 0.3 is 0 Å². The fourth-order valence-electron chi connectivity index (χ4n) is 2.62. The highest BCUT2D eigenvalue weighted by atomic mass is 32.1. The van der Waals surface area contributed by atoms with Crippen LogP contribution in [0.15, 0.2) is 66.0 Å². The predicted molar refractivity (Wildman–Crippen MR) is 93.0 cm³/mol. The first-order valence-corrected chi connectivity index (χ1v) is 8.07. The molecule has 0 saturated heterocycles. The summed E-state index contributed by atoms with van der Waals surface area (Å²) in [6, 6.07) is 20.7. The van der Waals surface area contributed by atoms with Crippen molar-refractivity contribution in [2.75, 3.05) is 0 Å². The van der Waals surface area contributed by atoms with E-state index in [9.17, 15) is 0 Å². The van der Waals surface area contributed by atoms with Gasteiger partial charge in [0.15, 0.2) is 0 Å². The van der Waals surface area contributed by atoms with Crippen molar-refractivity contribution in [1.29, 1.82) is 0 Å². The number of aryl methyl sites for hydroxylation is 1. The molecule has 2 aromatic heterocycles. The van der Waals surface area contributed by atoms with E-state index in [1.165, 1.54) is 0 Å². The van der Waals surface area contributed by atoms with Crippen molar-refractivity contribution in [2.45, 2.75) is 6.92 Å². The number of fused-ring (bicyclic) bond motifs is 1. The topological polar surface area (TPSA) is 25.8 Å². The second-order valence-corrected chi connectivity index (χ2v) is 6.09. The van der Waals surface area contributed by atoms with Gasteiger partial charge in [0.2, 0.25) is 0 Å². The van der Waals surface area contributed by atoms with Gasteiger partial charge in [-0.1, -0.05) is 48.5 Å². The average Bonchev–Trinajstić information content (AvgIpc) is 3.05. The Hall–Kier alpha value is -2.52. The predicted octanol–water partition coefficient (Wildman–Crippen LogP) is 5.33. The lowest BCUT2D eigenvalue weighted by Crippen LogP contribution is -1.88. The second kappa shape index (κ2) is 5.35. The number of hydrogen-bond donors (Lipinski definition) is 0. The van der Waals surface area contributed by atoms with E-state index >= 15 is 0 Å². The van der Waals surface area contributed by atoms with Crippen LogP contribution in [0.1, 0.15) is 5.69 Å². The zero-order valence-electron chi connectivity index (χ0n) is 12.2. The molecule has 3 heteroatoms. The van der Waals surface area contributed by atoms with Crippen molar-refractivity contribution in [3.63, 3.8) is 0 Å². The molecule has 0 aliphatic carbocycles. The van der Waals surface area contributed by atoms with E-state index in [1.54, 1.807) is 11.3 Å². The molecule has 22 heavy (non-hydrogen) atoms. The van der Waals surface area contributed by atoms with E-state index in [-0.39, 0.29) is 0 Å². The Bertz CT molecular complexity index is 942. The number of rotatable bonds is 2. The minimum absolute atomic E-state index is 1.02. The van der Waals surface area contributed by atoms with Crippen molar-refractivity contribution < 1.29 is 0 Å². The summed E-state index contributed by atoms with van der Waals surface area (Å²) in [6.07, 6.45) is 0. The fourth-order valence-corrected chi connectivity index (χ4v) is 3.48. The van der Waals surface area contributed by atoms with Crippen LogP contribution in [-0.2, 0) is 0 Å². The summed E-state index contributed by atoms with van der Waals surface area (Å²) >= 11 is 1.68. The van der Waals surface area contributed by atoms with Crippen LogP contribution in [0.25, 0.3) is 32.7 Å². The number of para-hydroxylation sites is 1. The van der Waals surface area contributed by atoms with E-state index in [2.05, 4.69) is 46.8 Å². The van der Waals surface area contributed by atoms with Gasteiger partial charge in [0.25, 0.3) is 0 Å². The van der Waals surface area contributed by atoms with Gasteiger partial charge in [0, 0.05) is 27.6 Å². The number of thiazole rings is 1. The smallest absolute Gasteiger partial charge is 0.124 e. The van der Waals surface area contributed by atoms with E-state index in [0.29, 0.717) is 0 Å². The van der Waals surface area contributed by atoms with Gasteiger partial charge in [-0.2, -0.15) is 0 Å². The lowest BCUT2D eigenvalue weighted by molar-refractivity contribution is 1.25. The lowest BCUT2D eigenvalue weighted by Gasteiger charge is -2.05. The van der Waals surface area contributed by atoms with Gasteiger partial charge in [-0.15, -0.1) is 11.3 Å². The molecule has 0 atom stereocenters. The minimum atomic E-state index is 1.02. The van der Waals surface area contributed by atoms with Crippen LogP contribution in [0.3, 0.4) is 0 Å². The molecule has 4 rings (SSSR count). The molecular formula is C19H14N2S. The Morgan fingerprint density at radius 3 is 2.50 bits per heavy atom. The quantitative estimate of drug-likeness (QED) is 0.500. The summed E-state index contributed by atoms with van der Waals surface area (Å²) < 4.78 is 0. The highest BCUT2D eigenvalue weighted by molar-refractivity contribution is 7.13. The SMILES string of the molecule is Cc1cc(-c2nc(-c3ccccc3)cs2)c2ccccc2n1. The molecule has 106 valence electrons. The van der Waals surface area contributed by atoms with Gasteiger partial charge in [0.1, 0.15) is 5.01 Å². The molecule has 0 bridgehead atoms. The number of benzene rings is 2. The van der Waals surface area contributed by atoms with Crippen LogP contribution >= 0.6 is 11.3 Å². The monoisotopic (exact) mass is 302 g/mol. The molecule has 0 spiro atoms. The summed E-state index contributed by atoms with van der Waals surface area (Å²) in [6.45, 7) is 2.03. The summed E-state index contributed by atoms with van der Waals surface area (Å²) in [4.78, 5) is 9.44. The maximum absolute atomic E-state index is 4.83. The van der Waals surface area contributed by atoms with Crippen molar-refractivity contribution in [1.82, 2.24) is 9.97 Å². The highest BCUT2D eigenvalue weighted by Crippen LogP contribution is 2.33. The first kappa shape index (κ1) is 13.2.